The van der Waals surface area contributed by atoms with Crippen LogP contribution in [0.3, 0.4) is 0 Å². The molecular weight excluding hydrogens is 338 g/mol. The molecule has 1 aromatic carbocycles. The molecule has 1 rings (SSSR count). The quantitative estimate of drug-likeness (QED) is 0.661. The zero-order valence-electron chi connectivity index (χ0n) is 7.64. The number of hydrogen-bond donors (Lipinski definition) is 1. The predicted molar refractivity (Wildman–Crippen MR) is 58.1 cm³/mol. The Bertz CT molecular complexity index is 457. The molecule has 1 aromatic rings. The number of carbonyl (C=O) groups is 2. The van der Waals surface area contributed by atoms with Gasteiger partial charge in [0, 0.05) is 9.13 Å². The van der Waals surface area contributed by atoms with Crippen LogP contribution in [0.5, 0.6) is 0 Å². The third-order valence-electron chi connectivity index (χ3n) is 1.80. The van der Waals surface area contributed by atoms with Gasteiger partial charge in [-0.15, -0.1) is 0 Å². The van der Waals surface area contributed by atoms with E-state index in [1.165, 1.54) is 22.6 Å². The maximum atomic E-state index is 12.6. The average Bonchev–Trinajstić information content (AvgIpc) is 2.14. The van der Waals surface area contributed by atoms with E-state index in [9.17, 15) is 22.8 Å². The first-order chi connectivity index (χ1) is 7.27. The van der Waals surface area contributed by atoms with Crippen molar-refractivity contribution in [2.75, 3.05) is 0 Å². The number of amides is 1. The maximum Gasteiger partial charge on any atom is 0.418 e. The Labute approximate surface area is 102 Å². The first-order valence-electron chi connectivity index (χ1n) is 3.93. The summed E-state index contributed by atoms with van der Waals surface area (Å²) in [5.74, 6) is -1.21. The van der Waals surface area contributed by atoms with Gasteiger partial charge in [-0.2, -0.15) is 13.2 Å². The predicted octanol–water partition coefficient (Wildman–Crippen LogP) is 2.22. The minimum atomic E-state index is -4.68. The van der Waals surface area contributed by atoms with Crippen LogP contribution in [-0.2, 0) is 6.18 Å². The number of primary amides is 1. The number of aldehydes is 1. The first-order valence-corrected chi connectivity index (χ1v) is 5.01. The lowest BCUT2D eigenvalue weighted by atomic mass is 10.0. The molecule has 0 spiro atoms. The van der Waals surface area contributed by atoms with E-state index >= 15 is 0 Å². The van der Waals surface area contributed by atoms with Gasteiger partial charge in [0.05, 0.1) is 11.1 Å². The molecule has 0 unspecified atom stereocenters. The number of hydrogen-bond acceptors (Lipinski definition) is 2. The first kappa shape index (κ1) is 12.9. The van der Waals surface area contributed by atoms with E-state index in [2.05, 4.69) is 0 Å². The fourth-order valence-corrected chi connectivity index (χ4v) is 2.13. The lowest BCUT2D eigenvalue weighted by Gasteiger charge is -2.13. The van der Waals surface area contributed by atoms with Gasteiger partial charge in [0.15, 0.2) is 0 Å². The van der Waals surface area contributed by atoms with E-state index in [4.69, 9.17) is 5.73 Å². The van der Waals surface area contributed by atoms with Gasteiger partial charge in [-0.05, 0) is 34.7 Å². The summed E-state index contributed by atoms with van der Waals surface area (Å²) in [7, 11) is 0. The van der Waals surface area contributed by atoms with Crippen molar-refractivity contribution in [2.24, 2.45) is 5.73 Å². The molecule has 86 valence electrons. The standard InChI is InChI=1S/C9H5F3INO2/c10-9(11,12)7-5(8(14)16)1-4(3-15)2-6(7)13/h1-3H,(H2,14,16). The maximum absolute atomic E-state index is 12.6. The summed E-state index contributed by atoms with van der Waals surface area (Å²) < 4.78 is 37.6. The normalized spacial score (nSPS) is 11.2. The molecule has 0 saturated heterocycles. The fourth-order valence-electron chi connectivity index (χ4n) is 1.18. The van der Waals surface area contributed by atoms with Crippen LogP contribution in [0.1, 0.15) is 26.3 Å². The highest BCUT2D eigenvalue weighted by atomic mass is 127. The van der Waals surface area contributed by atoms with Crippen molar-refractivity contribution < 1.29 is 22.8 Å². The van der Waals surface area contributed by atoms with Gasteiger partial charge in [-0.3, -0.25) is 9.59 Å². The molecule has 0 saturated carbocycles. The summed E-state index contributed by atoms with van der Waals surface area (Å²) in [6, 6.07) is 1.88. The molecule has 0 atom stereocenters. The van der Waals surface area contributed by atoms with E-state index in [1.54, 1.807) is 0 Å². The zero-order chi connectivity index (χ0) is 12.5. The summed E-state index contributed by atoms with van der Waals surface area (Å²) >= 11 is 1.41. The van der Waals surface area contributed by atoms with Gasteiger partial charge in [-0.1, -0.05) is 0 Å². The van der Waals surface area contributed by atoms with Crippen LogP contribution >= 0.6 is 22.6 Å². The monoisotopic (exact) mass is 343 g/mol. The molecule has 0 aliphatic carbocycles. The van der Waals surface area contributed by atoms with Gasteiger partial charge in [0.1, 0.15) is 6.29 Å². The number of halogens is 4. The highest BCUT2D eigenvalue weighted by Crippen LogP contribution is 2.35. The van der Waals surface area contributed by atoms with Gasteiger partial charge < -0.3 is 5.73 Å². The number of benzene rings is 1. The molecular formula is C9H5F3INO2. The molecule has 7 heteroatoms. The van der Waals surface area contributed by atoms with Crippen molar-refractivity contribution in [1.82, 2.24) is 0 Å². The molecule has 2 N–H and O–H groups in total. The second-order valence-corrected chi connectivity index (χ2v) is 4.07. The summed E-state index contributed by atoms with van der Waals surface area (Å²) in [4.78, 5) is 21.3. The van der Waals surface area contributed by atoms with Gasteiger partial charge in [-0.25, -0.2) is 0 Å². The van der Waals surface area contributed by atoms with Crippen LogP contribution in [0.25, 0.3) is 0 Å². The topological polar surface area (TPSA) is 60.2 Å². The summed E-state index contributed by atoms with van der Waals surface area (Å²) in [6.07, 6.45) is -4.32. The summed E-state index contributed by atoms with van der Waals surface area (Å²) in [5.41, 5.74) is 3.03. The third-order valence-corrected chi connectivity index (χ3v) is 2.65. The van der Waals surface area contributed by atoms with Crippen molar-refractivity contribution in [1.29, 1.82) is 0 Å². The molecule has 16 heavy (non-hydrogen) atoms. The Balaban J connectivity index is 3.59. The Kier molecular flexibility index (Phi) is 3.56. The van der Waals surface area contributed by atoms with Gasteiger partial charge in [0.2, 0.25) is 5.91 Å². The summed E-state index contributed by atoms with van der Waals surface area (Å²) in [6.45, 7) is 0. The van der Waals surface area contributed by atoms with Crippen LogP contribution in [-0.4, -0.2) is 12.2 Å². The van der Waals surface area contributed by atoms with Crippen molar-refractivity contribution in [3.05, 3.63) is 32.4 Å². The third kappa shape index (κ3) is 2.52. The van der Waals surface area contributed by atoms with Crippen molar-refractivity contribution >= 4 is 34.8 Å². The lowest BCUT2D eigenvalue weighted by molar-refractivity contribution is -0.138. The van der Waals surface area contributed by atoms with Gasteiger partial charge >= 0.3 is 6.18 Å². The molecule has 0 aromatic heterocycles. The number of carbonyl (C=O) groups excluding carboxylic acids is 2. The van der Waals surface area contributed by atoms with Gasteiger partial charge in [0.25, 0.3) is 0 Å². The Morgan fingerprint density at radius 1 is 1.38 bits per heavy atom. The highest BCUT2D eigenvalue weighted by molar-refractivity contribution is 14.1. The molecule has 0 fully saturated rings. The van der Waals surface area contributed by atoms with E-state index in [-0.39, 0.29) is 9.13 Å². The molecule has 0 aliphatic rings. The molecule has 3 nitrogen and oxygen atoms in total. The minimum Gasteiger partial charge on any atom is -0.366 e. The Hall–Kier alpha value is -1.12. The molecule has 0 radical (unpaired) electrons. The second kappa shape index (κ2) is 4.40. The zero-order valence-corrected chi connectivity index (χ0v) is 9.80. The lowest BCUT2D eigenvalue weighted by Crippen LogP contribution is -2.20. The average molecular weight is 343 g/mol. The van der Waals surface area contributed by atoms with E-state index in [0.29, 0.717) is 6.29 Å². The number of alkyl halides is 3. The second-order valence-electron chi connectivity index (χ2n) is 2.91. The van der Waals surface area contributed by atoms with E-state index < -0.39 is 23.2 Å². The minimum absolute atomic E-state index is 0.0220. The van der Waals surface area contributed by atoms with E-state index in [1.807, 2.05) is 0 Å². The van der Waals surface area contributed by atoms with Crippen LogP contribution in [0, 0.1) is 3.57 Å². The molecule has 0 aliphatic heterocycles. The van der Waals surface area contributed by atoms with Crippen LogP contribution in [0.4, 0.5) is 13.2 Å². The largest absolute Gasteiger partial charge is 0.418 e. The SMILES string of the molecule is NC(=O)c1cc(C=O)cc(I)c1C(F)(F)F. The van der Waals surface area contributed by atoms with Crippen LogP contribution in [0.15, 0.2) is 12.1 Å². The van der Waals surface area contributed by atoms with Crippen molar-refractivity contribution in [3.63, 3.8) is 0 Å². The Morgan fingerprint density at radius 2 is 1.94 bits per heavy atom. The van der Waals surface area contributed by atoms with Crippen LogP contribution in [0.2, 0.25) is 0 Å². The molecule has 0 bridgehead atoms. The summed E-state index contributed by atoms with van der Waals surface area (Å²) in [5, 5.41) is 0. The van der Waals surface area contributed by atoms with Crippen molar-refractivity contribution in [3.8, 4) is 0 Å². The number of rotatable bonds is 2. The smallest absolute Gasteiger partial charge is 0.366 e. The van der Waals surface area contributed by atoms with Crippen LogP contribution < -0.4 is 5.73 Å². The Morgan fingerprint density at radius 3 is 2.31 bits per heavy atom. The fraction of sp³-hybridized carbons (Fsp3) is 0.111. The number of nitrogens with two attached hydrogens (primary N) is 1. The molecule has 0 heterocycles. The molecule has 1 amide bonds. The van der Waals surface area contributed by atoms with E-state index in [0.717, 1.165) is 12.1 Å². The highest BCUT2D eigenvalue weighted by Gasteiger charge is 2.37. The van der Waals surface area contributed by atoms with Crippen molar-refractivity contribution in [2.45, 2.75) is 6.18 Å².